The third-order valence-electron chi connectivity index (χ3n) is 4.37. The second-order valence-corrected chi connectivity index (χ2v) is 9.78. The lowest BCUT2D eigenvalue weighted by Gasteiger charge is -2.28. The van der Waals surface area contributed by atoms with Gasteiger partial charge in [0.15, 0.2) is 0 Å². The molecule has 0 aliphatic rings. The minimum absolute atomic E-state index is 0.0350. The highest BCUT2D eigenvalue weighted by molar-refractivity contribution is 7.81. The van der Waals surface area contributed by atoms with Crippen LogP contribution < -0.4 is 0 Å². The fourth-order valence-electron chi connectivity index (χ4n) is 2.08. The maximum absolute atomic E-state index is 12.0. The monoisotopic (exact) mass is 468 g/mol. The molecule has 3 atom stereocenters. The van der Waals surface area contributed by atoms with E-state index in [1.54, 1.807) is 6.92 Å². The van der Waals surface area contributed by atoms with E-state index in [2.05, 4.69) is 37.9 Å². The van der Waals surface area contributed by atoms with Crippen LogP contribution in [0.2, 0.25) is 0 Å². The van der Waals surface area contributed by atoms with Gasteiger partial charge >= 0.3 is 17.9 Å². The Bertz CT molecular complexity index is 445. The first-order valence-corrected chi connectivity index (χ1v) is 11.6. The average molecular weight is 469 g/mol. The van der Waals surface area contributed by atoms with Crippen LogP contribution in [-0.4, -0.2) is 53.5 Å². The number of ether oxygens (including phenoxy) is 3. The van der Waals surface area contributed by atoms with Crippen molar-refractivity contribution in [1.29, 1.82) is 0 Å². The summed E-state index contributed by atoms with van der Waals surface area (Å²) in [7, 11) is 0. The molecule has 0 aromatic rings. The van der Waals surface area contributed by atoms with Gasteiger partial charge < -0.3 is 14.2 Å². The van der Waals surface area contributed by atoms with E-state index in [0.29, 0.717) is 0 Å². The van der Waals surface area contributed by atoms with Gasteiger partial charge in [0.2, 0.25) is 0 Å². The van der Waals surface area contributed by atoms with E-state index >= 15 is 0 Å². The van der Waals surface area contributed by atoms with E-state index in [4.69, 9.17) is 14.2 Å². The van der Waals surface area contributed by atoms with Crippen molar-refractivity contribution in [2.24, 2.45) is 5.41 Å². The molecule has 0 saturated carbocycles. The second kappa shape index (κ2) is 15.3. The topological polar surface area (TPSA) is 78.9 Å². The lowest BCUT2D eigenvalue weighted by molar-refractivity contribution is -0.160. The molecule has 9 heteroatoms. The van der Waals surface area contributed by atoms with Gasteiger partial charge in [0.25, 0.3) is 0 Å². The molecule has 29 heavy (non-hydrogen) atoms. The van der Waals surface area contributed by atoms with Crippen LogP contribution in [0.25, 0.3) is 0 Å². The van der Waals surface area contributed by atoms with Crippen LogP contribution >= 0.6 is 37.9 Å². The van der Waals surface area contributed by atoms with Crippen molar-refractivity contribution in [3.8, 4) is 0 Å². The summed E-state index contributed by atoms with van der Waals surface area (Å²) in [6, 6.07) is 0. The summed E-state index contributed by atoms with van der Waals surface area (Å²) in [5.41, 5.74) is -0.851. The zero-order chi connectivity index (χ0) is 22.4. The van der Waals surface area contributed by atoms with Crippen LogP contribution in [-0.2, 0) is 28.6 Å². The van der Waals surface area contributed by atoms with Gasteiger partial charge in [-0.1, -0.05) is 20.8 Å². The van der Waals surface area contributed by atoms with Crippen LogP contribution in [0.3, 0.4) is 0 Å². The van der Waals surface area contributed by atoms with E-state index < -0.39 is 23.3 Å². The molecule has 0 radical (unpaired) electrons. The molecule has 3 unspecified atom stereocenters. The van der Waals surface area contributed by atoms with Gasteiger partial charge in [0, 0.05) is 15.7 Å². The number of hydrogen-bond donors (Lipinski definition) is 3. The van der Waals surface area contributed by atoms with Crippen molar-refractivity contribution < 1.29 is 28.6 Å². The van der Waals surface area contributed by atoms with Crippen molar-refractivity contribution in [3.63, 3.8) is 0 Å². The Labute approximate surface area is 191 Å². The third-order valence-corrected chi connectivity index (χ3v) is 6.01. The van der Waals surface area contributed by atoms with Gasteiger partial charge in [-0.3, -0.25) is 14.4 Å². The normalized spacial score (nSPS) is 16.2. The predicted octanol–water partition coefficient (Wildman–Crippen LogP) is 3.92. The first-order valence-electron chi connectivity index (χ1n) is 10.1. The summed E-state index contributed by atoms with van der Waals surface area (Å²) in [6.45, 7) is 7.44. The highest BCUT2D eigenvalue weighted by atomic mass is 32.1. The first kappa shape index (κ1) is 28.5. The van der Waals surface area contributed by atoms with Gasteiger partial charge in [-0.25, -0.2) is 0 Å². The Morgan fingerprint density at radius 3 is 1.10 bits per heavy atom. The fraction of sp³-hybridized carbons (Fsp3) is 0.850. The molecule has 0 aromatic carbocycles. The molecular formula is C20H36O6S3. The smallest absolute Gasteiger partial charge is 0.306 e. The van der Waals surface area contributed by atoms with Gasteiger partial charge in [-0.2, -0.15) is 37.9 Å². The molecule has 0 bridgehead atoms. The van der Waals surface area contributed by atoms with E-state index in [1.807, 2.05) is 20.8 Å². The van der Waals surface area contributed by atoms with Crippen molar-refractivity contribution in [2.45, 2.75) is 82.0 Å². The van der Waals surface area contributed by atoms with Gasteiger partial charge in [0.05, 0.1) is 24.7 Å². The molecule has 0 saturated heterocycles. The quantitative estimate of drug-likeness (QED) is 0.192. The summed E-state index contributed by atoms with van der Waals surface area (Å²) >= 11 is 12.9. The summed E-state index contributed by atoms with van der Waals surface area (Å²) < 4.78 is 16.0. The molecule has 0 rings (SSSR count). The SMILES string of the molecule is CCC(S)CC(=O)OCC(C)(COC(=O)CC(S)CC)COC(=O)CC(S)CC. The Morgan fingerprint density at radius 1 is 0.655 bits per heavy atom. The van der Waals surface area contributed by atoms with E-state index in [9.17, 15) is 14.4 Å². The van der Waals surface area contributed by atoms with Gasteiger partial charge in [-0.15, -0.1) is 0 Å². The summed E-state index contributed by atoms with van der Waals surface area (Å²) in [6.07, 6.45) is 2.79. The minimum Gasteiger partial charge on any atom is -0.465 e. The molecule has 0 amide bonds. The Balaban J connectivity index is 4.84. The zero-order valence-corrected chi connectivity index (χ0v) is 20.6. The summed E-state index contributed by atoms with van der Waals surface area (Å²) in [5.74, 6) is -1.17. The van der Waals surface area contributed by atoms with Crippen LogP contribution in [0.4, 0.5) is 0 Å². The predicted molar refractivity (Wildman–Crippen MR) is 124 cm³/mol. The highest BCUT2D eigenvalue weighted by Gasteiger charge is 2.31. The van der Waals surface area contributed by atoms with Crippen LogP contribution in [0, 0.1) is 5.41 Å². The zero-order valence-electron chi connectivity index (χ0n) is 17.9. The Morgan fingerprint density at radius 2 is 0.897 bits per heavy atom. The summed E-state index contributed by atoms with van der Waals surface area (Å²) in [4.78, 5) is 36.0. The largest absolute Gasteiger partial charge is 0.465 e. The molecule has 6 nitrogen and oxygen atoms in total. The molecule has 0 aromatic heterocycles. The van der Waals surface area contributed by atoms with E-state index in [-0.39, 0.29) is 54.8 Å². The van der Waals surface area contributed by atoms with Crippen LogP contribution in [0.15, 0.2) is 0 Å². The number of hydrogen-bond acceptors (Lipinski definition) is 9. The van der Waals surface area contributed by atoms with Gasteiger partial charge in [-0.05, 0) is 26.2 Å². The number of carbonyl (C=O) groups is 3. The maximum atomic E-state index is 12.0. The lowest BCUT2D eigenvalue weighted by atomic mass is 9.94. The molecule has 0 N–H and O–H groups in total. The Hall–Kier alpha value is -0.540. The number of rotatable bonds is 15. The molecule has 0 aliphatic carbocycles. The molecular weight excluding hydrogens is 432 g/mol. The van der Waals surface area contributed by atoms with E-state index in [1.165, 1.54) is 0 Å². The first-order chi connectivity index (χ1) is 13.5. The average Bonchev–Trinajstić information content (AvgIpc) is 2.69. The molecule has 0 aliphatic heterocycles. The van der Waals surface area contributed by atoms with Gasteiger partial charge in [0.1, 0.15) is 19.8 Å². The third kappa shape index (κ3) is 14.2. The minimum atomic E-state index is -0.851. The highest BCUT2D eigenvalue weighted by Crippen LogP contribution is 2.21. The number of thiol groups is 3. The Kier molecular flexibility index (Phi) is 15.0. The molecule has 0 fully saturated rings. The summed E-state index contributed by atoms with van der Waals surface area (Å²) in [5, 5.41) is -0.230. The van der Waals surface area contributed by atoms with Crippen molar-refractivity contribution in [3.05, 3.63) is 0 Å². The van der Waals surface area contributed by atoms with E-state index in [0.717, 1.165) is 19.3 Å². The molecule has 170 valence electrons. The van der Waals surface area contributed by atoms with Crippen molar-refractivity contribution in [1.82, 2.24) is 0 Å². The standard InChI is InChI=1S/C20H36O6S3/c1-5-14(27)8-17(21)24-11-20(4,12-25-18(22)9-15(28)6-2)13-26-19(23)10-16(29)7-3/h14-16,27-29H,5-13H2,1-4H3. The van der Waals surface area contributed by atoms with Crippen molar-refractivity contribution in [2.75, 3.05) is 19.8 Å². The lowest BCUT2D eigenvalue weighted by Crippen LogP contribution is -2.37. The maximum Gasteiger partial charge on any atom is 0.306 e. The van der Waals surface area contributed by atoms with Crippen LogP contribution in [0.1, 0.15) is 66.2 Å². The molecule has 0 heterocycles. The second-order valence-electron chi connectivity index (χ2n) is 7.59. The number of carbonyl (C=O) groups excluding carboxylic acids is 3. The number of esters is 3. The van der Waals surface area contributed by atoms with Crippen LogP contribution in [0.5, 0.6) is 0 Å². The fourth-order valence-corrected chi connectivity index (χ4v) is 2.52. The molecule has 0 spiro atoms. The van der Waals surface area contributed by atoms with Crippen molar-refractivity contribution >= 4 is 55.8 Å².